The standard InChI is InChI=1S/C31H25F4NO4/c1-19(20-2-4-23(5-3-20)30(39)36-17-16-29(37)38)28-18-24(10-15-27(28)22-6-11-25(32)12-7-22)21-8-13-26(14-9-21)40-31(33,34)35/h2-15,18-19H,16-17H2,1H3,(H,36,39)(H,37,38). The molecule has 40 heavy (non-hydrogen) atoms. The average Bonchev–Trinajstić information content (AvgIpc) is 2.92. The summed E-state index contributed by atoms with van der Waals surface area (Å²) >= 11 is 0. The topological polar surface area (TPSA) is 75.6 Å². The van der Waals surface area contributed by atoms with Crippen molar-refractivity contribution in [2.75, 3.05) is 6.54 Å². The fourth-order valence-electron chi connectivity index (χ4n) is 4.33. The molecule has 4 aromatic carbocycles. The number of ether oxygens (including phenoxy) is 1. The van der Waals surface area contributed by atoms with Crippen molar-refractivity contribution in [3.63, 3.8) is 0 Å². The summed E-state index contributed by atoms with van der Waals surface area (Å²) in [6.07, 6.45) is -4.96. The van der Waals surface area contributed by atoms with Gasteiger partial charge >= 0.3 is 12.3 Å². The number of amides is 1. The molecule has 0 heterocycles. The fourth-order valence-corrected chi connectivity index (χ4v) is 4.33. The van der Waals surface area contributed by atoms with E-state index in [9.17, 15) is 27.2 Å². The van der Waals surface area contributed by atoms with Crippen molar-refractivity contribution in [3.05, 3.63) is 114 Å². The van der Waals surface area contributed by atoms with Gasteiger partial charge in [0.1, 0.15) is 11.6 Å². The summed E-state index contributed by atoms with van der Waals surface area (Å²) in [6, 6.07) is 24.3. The summed E-state index contributed by atoms with van der Waals surface area (Å²) in [5.74, 6) is -2.26. The maximum Gasteiger partial charge on any atom is 0.573 e. The Balaban J connectivity index is 1.66. The summed E-state index contributed by atoms with van der Waals surface area (Å²) < 4.78 is 55.3. The average molecular weight is 552 g/mol. The maximum absolute atomic E-state index is 13.6. The number of hydrogen-bond acceptors (Lipinski definition) is 3. The van der Waals surface area contributed by atoms with Crippen LogP contribution in [-0.2, 0) is 4.79 Å². The van der Waals surface area contributed by atoms with E-state index in [4.69, 9.17) is 5.11 Å². The SMILES string of the molecule is CC(c1ccc(C(=O)NCCC(=O)O)cc1)c1cc(-c2ccc(OC(F)(F)F)cc2)ccc1-c1ccc(F)cc1. The molecule has 0 radical (unpaired) electrons. The number of carbonyl (C=O) groups excluding carboxylic acids is 1. The molecule has 2 N–H and O–H groups in total. The minimum Gasteiger partial charge on any atom is -0.481 e. The Labute approximate surface area is 228 Å². The molecule has 4 aromatic rings. The molecule has 1 amide bonds. The Bertz CT molecular complexity index is 1480. The van der Waals surface area contributed by atoms with Crippen LogP contribution in [0.1, 0.15) is 40.7 Å². The third-order valence-electron chi connectivity index (χ3n) is 6.39. The van der Waals surface area contributed by atoms with E-state index in [1.165, 1.54) is 24.3 Å². The van der Waals surface area contributed by atoms with Crippen molar-refractivity contribution in [3.8, 4) is 28.0 Å². The number of rotatable bonds is 9. The lowest BCUT2D eigenvalue weighted by atomic mass is 9.85. The van der Waals surface area contributed by atoms with Crippen LogP contribution in [0.4, 0.5) is 17.6 Å². The van der Waals surface area contributed by atoms with Crippen molar-refractivity contribution in [1.29, 1.82) is 0 Å². The van der Waals surface area contributed by atoms with Gasteiger partial charge in [-0.25, -0.2) is 4.39 Å². The van der Waals surface area contributed by atoms with E-state index in [0.29, 0.717) is 11.1 Å². The predicted molar refractivity (Wildman–Crippen MR) is 142 cm³/mol. The van der Waals surface area contributed by atoms with E-state index in [1.54, 1.807) is 48.5 Å². The zero-order chi connectivity index (χ0) is 28.9. The Morgan fingerprint density at radius 3 is 2.05 bits per heavy atom. The van der Waals surface area contributed by atoms with Gasteiger partial charge in [0.05, 0.1) is 6.42 Å². The van der Waals surface area contributed by atoms with E-state index in [1.807, 2.05) is 25.1 Å². The number of benzene rings is 4. The van der Waals surface area contributed by atoms with Crippen LogP contribution in [0.5, 0.6) is 5.75 Å². The van der Waals surface area contributed by atoms with Crippen LogP contribution in [0, 0.1) is 5.82 Å². The number of aliphatic carboxylic acids is 1. The zero-order valence-electron chi connectivity index (χ0n) is 21.3. The van der Waals surface area contributed by atoms with E-state index >= 15 is 0 Å². The van der Waals surface area contributed by atoms with Crippen molar-refractivity contribution in [2.45, 2.75) is 25.6 Å². The molecule has 0 aliphatic heterocycles. The second-order valence-electron chi connectivity index (χ2n) is 9.12. The van der Waals surface area contributed by atoms with E-state index in [-0.39, 0.29) is 36.4 Å². The summed E-state index contributed by atoms with van der Waals surface area (Å²) in [5.41, 5.74) is 5.24. The third kappa shape index (κ3) is 7.25. The molecule has 9 heteroatoms. The molecule has 5 nitrogen and oxygen atoms in total. The molecule has 0 saturated carbocycles. The first-order valence-corrected chi connectivity index (χ1v) is 12.4. The van der Waals surface area contributed by atoms with Crippen molar-refractivity contribution in [2.24, 2.45) is 0 Å². The van der Waals surface area contributed by atoms with Crippen LogP contribution >= 0.6 is 0 Å². The van der Waals surface area contributed by atoms with Gasteiger partial charge < -0.3 is 15.2 Å². The molecule has 0 aliphatic carbocycles. The molecule has 1 unspecified atom stereocenters. The molecule has 0 saturated heterocycles. The highest BCUT2D eigenvalue weighted by atomic mass is 19.4. The minimum absolute atomic E-state index is 0.0173. The monoisotopic (exact) mass is 551 g/mol. The van der Waals surface area contributed by atoms with Gasteiger partial charge in [-0.2, -0.15) is 0 Å². The van der Waals surface area contributed by atoms with Crippen LogP contribution in [0.25, 0.3) is 22.3 Å². The van der Waals surface area contributed by atoms with Crippen LogP contribution < -0.4 is 10.1 Å². The Kier molecular flexibility index (Phi) is 8.52. The molecular weight excluding hydrogens is 526 g/mol. The smallest absolute Gasteiger partial charge is 0.481 e. The second kappa shape index (κ2) is 12.0. The molecule has 0 fully saturated rings. The first-order chi connectivity index (χ1) is 19.0. The second-order valence-corrected chi connectivity index (χ2v) is 9.12. The Morgan fingerprint density at radius 2 is 1.45 bits per heavy atom. The highest BCUT2D eigenvalue weighted by Crippen LogP contribution is 2.37. The number of nitrogens with one attached hydrogen (secondary N) is 1. The van der Waals surface area contributed by atoms with Gasteiger partial charge in [-0.05, 0) is 75.8 Å². The number of halogens is 4. The van der Waals surface area contributed by atoms with E-state index in [0.717, 1.165) is 27.8 Å². The molecule has 0 aromatic heterocycles. The molecule has 4 rings (SSSR count). The highest BCUT2D eigenvalue weighted by molar-refractivity contribution is 5.94. The Morgan fingerprint density at radius 1 is 0.850 bits per heavy atom. The number of hydrogen-bond donors (Lipinski definition) is 2. The van der Waals surface area contributed by atoms with Gasteiger partial charge in [-0.1, -0.05) is 55.5 Å². The molecule has 0 spiro atoms. The van der Waals surface area contributed by atoms with Gasteiger partial charge in [0, 0.05) is 18.0 Å². The third-order valence-corrected chi connectivity index (χ3v) is 6.39. The van der Waals surface area contributed by atoms with Crippen molar-refractivity contribution < 1.29 is 37.0 Å². The van der Waals surface area contributed by atoms with Crippen LogP contribution in [0.2, 0.25) is 0 Å². The van der Waals surface area contributed by atoms with Gasteiger partial charge in [0.2, 0.25) is 0 Å². The van der Waals surface area contributed by atoms with E-state index < -0.39 is 12.3 Å². The van der Waals surface area contributed by atoms with Gasteiger partial charge in [-0.15, -0.1) is 13.2 Å². The van der Waals surface area contributed by atoms with E-state index in [2.05, 4.69) is 10.1 Å². The minimum atomic E-state index is -4.78. The summed E-state index contributed by atoms with van der Waals surface area (Å²) in [4.78, 5) is 23.0. The number of carbonyl (C=O) groups is 2. The molecule has 0 bridgehead atoms. The molecule has 1 atom stereocenters. The van der Waals surface area contributed by atoms with Crippen molar-refractivity contribution in [1.82, 2.24) is 5.32 Å². The van der Waals surface area contributed by atoms with Crippen LogP contribution in [0.15, 0.2) is 91.0 Å². The zero-order valence-corrected chi connectivity index (χ0v) is 21.3. The number of alkyl halides is 3. The first-order valence-electron chi connectivity index (χ1n) is 12.4. The highest BCUT2D eigenvalue weighted by Gasteiger charge is 2.31. The van der Waals surface area contributed by atoms with Crippen molar-refractivity contribution >= 4 is 11.9 Å². The number of carboxylic acids is 1. The summed E-state index contributed by atoms with van der Waals surface area (Å²) in [6.45, 7) is 2.00. The van der Waals surface area contributed by atoms with Gasteiger partial charge in [0.15, 0.2) is 0 Å². The molecule has 0 aliphatic rings. The summed E-state index contributed by atoms with van der Waals surface area (Å²) in [5, 5.41) is 11.3. The van der Waals surface area contributed by atoms with Gasteiger partial charge in [0.25, 0.3) is 5.91 Å². The Hall–Kier alpha value is -4.66. The quantitative estimate of drug-likeness (QED) is 0.212. The lowest BCUT2D eigenvalue weighted by Crippen LogP contribution is -2.25. The summed E-state index contributed by atoms with van der Waals surface area (Å²) in [7, 11) is 0. The first kappa shape index (κ1) is 28.4. The normalized spacial score (nSPS) is 12.0. The maximum atomic E-state index is 13.6. The van der Waals surface area contributed by atoms with Crippen LogP contribution in [0.3, 0.4) is 0 Å². The largest absolute Gasteiger partial charge is 0.573 e. The van der Waals surface area contributed by atoms with Crippen LogP contribution in [-0.4, -0.2) is 29.9 Å². The van der Waals surface area contributed by atoms with Gasteiger partial charge in [-0.3, -0.25) is 9.59 Å². The predicted octanol–water partition coefficient (Wildman–Crippen LogP) is 7.41. The fraction of sp³-hybridized carbons (Fsp3) is 0.161. The number of carboxylic acid groups (broad SMARTS) is 1. The lowest BCUT2D eigenvalue weighted by Gasteiger charge is -2.20. The lowest BCUT2D eigenvalue weighted by molar-refractivity contribution is -0.274. The molecular formula is C31H25F4NO4. The molecule has 206 valence electrons.